The third kappa shape index (κ3) is 4.57. The van der Waals surface area contributed by atoms with E-state index < -0.39 is 0 Å². The number of likely N-dealkylation sites (tertiary alicyclic amines) is 2. The van der Waals surface area contributed by atoms with Gasteiger partial charge in [0, 0.05) is 43.5 Å². The summed E-state index contributed by atoms with van der Waals surface area (Å²) in [7, 11) is 0. The molecule has 35 heavy (non-hydrogen) atoms. The van der Waals surface area contributed by atoms with Crippen LogP contribution >= 0.6 is 0 Å². The second-order valence-corrected chi connectivity index (χ2v) is 9.36. The average molecular weight is 465 g/mol. The van der Waals surface area contributed by atoms with E-state index in [0.717, 1.165) is 48.6 Å². The number of hydrogen-bond donors (Lipinski definition) is 0. The fourth-order valence-corrected chi connectivity index (χ4v) is 5.22. The maximum Gasteiger partial charge on any atom is 0.329 e. The molecule has 176 valence electrons. The van der Waals surface area contributed by atoms with Gasteiger partial charge in [0.05, 0.1) is 5.69 Å². The van der Waals surface area contributed by atoms with Gasteiger partial charge in [-0.05, 0) is 29.7 Å². The Kier molecular flexibility index (Phi) is 5.80. The Bertz CT molecular complexity index is 1300. The largest absolute Gasteiger partial charge is 0.489 e. The van der Waals surface area contributed by atoms with Crippen LogP contribution in [0.5, 0.6) is 5.75 Å². The predicted octanol–water partition coefficient (Wildman–Crippen LogP) is 5.06. The Balaban J connectivity index is 1.06. The highest BCUT2D eigenvalue weighted by atomic mass is 16.5. The molecule has 2 fully saturated rings. The second-order valence-electron chi connectivity index (χ2n) is 9.36. The fraction of sp³-hybridized carbons (Fsp3) is 0.241. The van der Waals surface area contributed by atoms with Crippen LogP contribution in [0.15, 0.2) is 97.5 Å². The summed E-state index contributed by atoms with van der Waals surface area (Å²) in [5.41, 5.74) is 4.24. The van der Waals surface area contributed by atoms with Gasteiger partial charge < -0.3 is 9.64 Å². The minimum absolute atomic E-state index is 0.0168. The zero-order valence-electron chi connectivity index (χ0n) is 19.5. The van der Waals surface area contributed by atoms with Crippen molar-refractivity contribution < 1.29 is 9.53 Å². The number of hydrogen-bond acceptors (Lipinski definition) is 4. The van der Waals surface area contributed by atoms with Gasteiger partial charge in [-0.3, -0.25) is 9.47 Å². The number of benzene rings is 3. The van der Waals surface area contributed by atoms with Crippen LogP contribution in [0.1, 0.15) is 17.5 Å². The summed E-state index contributed by atoms with van der Waals surface area (Å²) in [6, 6.07) is 29.2. The minimum atomic E-state index is 0.0168. The number of ether oxygens (including phenoxy) is 1. The van der Waals surface area contributed by atoms with Crippen LogP contribution in [0, 0.1) is 0 Å². The number of imidazole rings is 1. The van der Waals surface area contributed by atoms with Gasteiger partial charge in [0.1, 0.15) is 18.7 Å². The molecule has 2 atom stereocenters. The van der Waals surface area contributed by atoms with Crippen molar-refractivity contribution in [1.82, 2.24) is 19.4 Å². The first-order valence-electron chi connectivity index (χ1n) is 12.1. The minimum Gasteiger partial charge on any atom is -0.489 e. The number of nitrogens with zero attached hydrogens (tertiary/aromatic N) is 4. The third-order valence-electron chi connectivity index (χ3n) is 7.01. The van der Waals surface area contributed by atoms with Crippen LogP contribution in [0.25, 0.3) is 11.3 Å². The second kappa shape index (κ2) is 9.39. The smallest absolute Gasteiger partial charge is 0.329 e. The molecule has 2 saturated heterocycles. The third-order valence-corrected chi connectivity index (χ3v) is 7.01. The van der Waals surface area contributed by atoms with Crippen molar-refractivity contribution in [2.24, 2.45) is 0 Å². The van der Waals surface area contributed by atoms with Crippen molar-refractivity contribution in [2.45, 2.75) is 31.7 Å². The van der Waals surface area contributed by atoms with Crippen molar-refractivity contribution in [1.29, 1.82) is 0 Å². The Labute approximate surface area is 205 Å². The van der Waals surface area contributed by atoms with Gasteiger partial charge in [-0.2, -0.15) is 0 Å². The van der Waals surface area contributed by atoms with E-state index in [1.54, 1.807) is 10.9 Å². The maximum atomic E-state index is 13.2. The molecular weight excluding hydrogens is 436 g/mol. The van der Waals surface area contributed by atoms with Crippen LogP contribution in [-0.2, 0) is 13.2 Å². The SMILES string of the molecule is O=C(N1C[C@@H]2C[C@H]1CN2Cc1cccc(OCc2ccccc2)c1)n1cnc(-c2ccccc2)c1. The van der Waals surface area contributed by atoms with E-state index in [-0.39, 0.29) is 12.1 Å². The Hall–Kier alpha value is -3.90. The first-order valence-corrected chi connectivity index (χ1v) is 12.1. The lowest BCUT2D eigenvalue weighted by Gasteiger charge is -2.34. The molecule has 0 unspecified atom stereocenters. The van der Waals surface area contributed by atoms with Gasteiger partial charge in [-0.25, -0.2) is 9.78 Å². The topological polar surface area (TPSA) is 50.6 Å². The standard InChI is InChI=1S/C29H28N4O2/c34-29(32-19-28(30-21-32)24-11-5-2-6-12-24)33-18-25-15-26(33)17-31(25)16-23-10-7-13-27(14-23)35-20-22-8-3-1-4-9-22/h1-14,19,21,25-26H,15-18,20H2/t25-,26-/m0/s1. The molecule has 1 aromatic heterocycles. The lowest BCUT2D eigenvalue weighted by Crippen LogP contribution is -2.49. The monoisotopic (exact) mass is 464 g/mol. The van der Waals surface area contributed by atoms with Crippen molar-refractivity contribution in [2.75, 3.05) is 13.1 Å². The van der Waals surface area contributed by atoms with Gasteiger partial charge in [0.25, 0.3) is 0 Å². The van der Waals surface area contributed by atoms with Gasteiger partial charge in [-0.15, -0.1) is 0 Å². The van der Waals surface area contributed by atoms with Crippen LogP contribution in [0.3, 0.4) is 0 Å². The molecule has 2 aliphatic rings. The molecule has 0 saturated carbocycles. The van der Waals surface area contributed by atoms with E-state index in [2.05, 4.69) is 40.2 Å². The number of piperazine rings is 1. The normalized spacial score (nSPS) is 19.3. The van der Waals surface area contributed by atoms with E-state index >= 15 is 0 Å². The van der Waals surface area contributed by atoms with E-state index in [1.165, 1.54) is 5.56 Å². The Morgan fingerprint density at radius 2 is 1.66 bits per heavy atom. The maximum absolute atomic E-state index is 13.2. The van der Waals surface area contributed by atoms with Crippen molar-refractivity contribution in [3.05, 3.63) is 109 Å². The lowest BCUT2D eigenvalue weighted by atomic mass is 10.1. The van der Waals surface area contributed by atoms with E-state index in [1.807, 2.05) is 65.7 Å². The zero-order valence-corrected chi connectivity index (χ0v) is 19.5. The summed E-state index contributed by atoms with van der Waals surface area (Å²) < 4.78 is 7.64. The summed E-state index contributed by atoms with van der Waals surface area (Å²) >= 11 is 0. The molecule has 0 spiro atoms. The molecule has 2 bridgehead atoms. The van der Waals surface area contributed by atoms with Crippen LogP contribution < -0.4 is 4.74 Å². The molecule has 6 rings (SSSR count). The molecule has 0 radical (unpaired) electrons. The number of amides is 1. The molecule has 0 aliphatic carbocycles. The van der Waals surface area contributed by atoms with Gasteiger partial charge >= 0.3 is 6.03 Å². The first-order chi connectivity index (χ1) is 17.2. The highest BCUT2D eigenvalue weighted by molar-refractivity contribution is 5.79. The van der Waals surface area contributed by atoms with E-state index in [4.69, 9.17) is 4.74 Å². The molecule has 2 aliphatic heterocycles. The number of rotatable bonds is 6. The van der Waals surface area contributed by atoms with E-state index in [9.17, 15) is 4.79 Å². The summed E-state index contributed by atoms with van der Waals surface area (Å²) in [6.07, 6.45) is 4.49. The molecule has 6 nitrogen and oxygen atoms in total. The van der Waals surface area contributed by atoms with Gasteiger partial charge in [-0.1, -0.05) is 72.8 Å². The van der Waals surface area contributed by atoms with Crippen molar-refractivity contribution in [3.63, 3.8) is 0 Å². The summed E-state index contributed by atoms with van der Waals surface area (Å²) in [6.45, 7) is 3.09. The van der Waals surface area contributed by atoms with E-state index in [0.29, 0.717) is 12.6 Å². The number of carbonyl (C=O) groups excluding carboxylic acids is 1. The van der Waals surface area contributed by atoms with Crippen LogP contribution in [0.2, 0.25) is 0 Å². The van der Waals surface area contributed by atoms with Crippen molar-refractivity contribution in [3.8, 4) is 17.0 Å². The quantitative estimate of drug-likeness (QED) is 0.400. The molecule has 3 aromatic carbocycles. The molecule has 0 N–H and O–H groups in total. The highest BCUT2D eigenvalue weighted by Gasteiger charge is 2.45. The Morgan fingerprint density at radius 3 is 2.43 bits per heavy atom. The number of aromatic nitrogens is 2. The van der Waals surface area contributed by atoms with Crippen LogP contribution in [-0.4, -0.2) is 50.6 Å². The zero-order chi connectivity index (χ0) is 23.6. The number of fused-ring (bicyclic) bond motifs is 2. The summed E-state index contributed by atoms with van der Waals surface area (Å²) in [5.74, 6) is 0.891. The summed E-state index contributed by atoms with van der Waals surface area (Å²) in [5, 5.41) is 0. The predicted molar refractivity (Wildman–Crippen MR) is 135 cm³/mol. The molecule has 1 amide bonds. The van der Waals surface area contributed by atoms with Crippen LogP contribution in [0.4, 0.5) is 4.79 Å². The number of carbonyl (C=O) groups is 1. The van der Waals surface area contributed by atoms with Crippen molar-refractivity contribution >= 4 is 6.03 Å². The molecule has 3 heterocycles. The molecular formula is C29H28N4O2. The lowest BCUT2D eigenvalue weighted by molar-refractivity contribution is 0.133. The van der Waals surface area contributed by atoms with Gasteiger partial charge in [0.2, 0.25) is 0 Å². The Morgan fingerprint density at radius 1 is 0.886 bits per heavy atom. The highest BCUT2D eigenvalue weighted by Crippen LogP contribution is 2.33. The summed E-state index contributed by atoms with van der Waals surface area (Å²) in [4.78, 5) is 22.1. The average Bonchev–Trinajstić information content (AvgIpc) is 3.65. The molecule has 4 aromatic rings. The van der Waals surface area contributed by atoms with Gasteiger partial charge in [0.15, 0.2) is 0 Å². The first kappa shape index (κ1) is 21.6. The molecule has 6 heteroatoms. The fourth-order valence-electron chi connectivity index (χ4n) is 5.22.